The standard InChI is InChI=1S/C48H28N2S2/c1-2-10-29(11-3-1)40-24-22-30-20-21-31-23-25-41(50-47(31)46(30)49-40)34-27-32(35-14-9-19-44-45(35)39-13-5-7-18-43(39)51-44)26-33(28-34)36-15-8-16-38-37-12-4-6-17-42(37)52-48(36)38/h1-28H. The number of aromatic nitrogens is 2. The predicted octanol–water partition coefficient (Wildman–Crippen LogP) is 14.2. The highest BCUT2D eigenvalue weighted by molar-refractivity contribution is 7.26. The summed E-state index contributed by atoms with van der Waals surface area (Å²) >= 11 is 3.73. The van der Waals surface area contributed by atoms with Crippen molar-refractivity contribution >= 4 is 84.8 Å². The third kappa shape index (κ3) is 4.69. The molecule has 4 heterocycles. The zero-order valence-corrected chi connectivity index (χ0v) is 29.5. The summed E-state index contributed by atoms with van der Waals surface area (Å²) in [5, 5.41) is 7.37. The molecule has 0 aliphatic rings. The Kier molecular flexibility index (Phi) is 6.63. The maximum absolute atomic E-state index is 5.42. The summed E-state index contributed by atoms with van der Waals surface area (Å²) in [6, 6.07) is 61.3. The Morgan fingerprint density at radius 2 is 0.885 bits per heavy atom. The van der Waals surface area contributed by atoms with Crippen LogP contribution in [0.25, 0.3) is 107 Å². The summed E-state index contributed by atoms with van der Waals surface area (Å²) in [6.45, 7) is 0. The van der Waals surface area contributed by atoms with Gasteiger partial charge in [-0.25, -0.2) is 9.97 Å². The van der Waals surface area contributed by atoms with Gasteiger partial charge in [-0.1, -0.05) is 121 Å². The highest BCUT2D eigenvalue weighted by Crippen LogP contribution is 2.45. The van der Waals surface area contributed by atoms with Gasteiger partial charge in [-0.15, -0.1) is 22.7 Å². The van der Waals surface area contributed by atoms with Crippen LogP contribution in [-0.4, -0.2) is 9.97 Å². The summed E-state index contributed by atoms with van der Waals surface area (Å²) in [4.78, 5) is 10.6. The van der Waals surface area contributed by atoms with Crippen molar-refractivity contribution < 1.29 is 0 Å². The number of pyridine rings is 2. The van der Waals surface area contributed by atoms with Crippen LogP contribution in [0, 0.1) is 0 Å². The second kappa shape index (κ2) is 11.7. The molecule has 52 heavy (non-hydrogen) atoms. The molecular weight excluding hydrogens is 669 g/mol. The van der Waals surface area contributed by atoms with E-state index < -0.39 is 0 Å². The first-order chi connectivity index (χ1) is 25.7. The predicted molar refractivity (Wildman–Crippen MR) is 225 cm³/mol. The normalized spacial score (nSPS) is 11.8. The lowest BCUT2D eigenvalue weighted by molar-refractivity contribution is 1.36. The quantitative estimate of drug-likeness (QED) is 0.171. The van der Waals surface area contributed by atoms with Crippen LogP contribution >= 0.6 is 22.7 Å². The second-order valence-corrected chi connectivity index (χ2v) is 15.5. The van der Waals surface area contributed by atoms with E-state index in [1.807, 2.05) is 28.7 Å². The average molecular weight is 697 g/mol. The molecule has 0 N–H and O–H groups in total. The molecule has 242 valence electrons. The van der Waals surface area contributed by atoms with E-state index >= 15 is 0 Å². The van der Waals surface area contributed by atoms with E-state index in [1.54, 1.807) is 0 Å². The smallest absolute Gasteiger partial charge is 0.0972 e. The van der Waals surface area contributed by atoms with E-state index in [4.69, 9.17) is 9.97 Å². The van der Waals surface area contributed by atoms with E-state index in [9.17, 15) is 0 Å². The molecule has 0 aliphatic heterocycles. The van der Waals surface area contributed by atoms with Crippen molar-refractivity contribution in [1.29, 1.82) is 0 Å². The van der Waals surface area contributed by atoms with Gasteiger partial charge in [0.15, 0.2) is 0 Å². The van der Waals surface area contributed by atoms with Crippen molar-refractivity contribution in [2.24, 2.45) is 0 Å². The Morgan fingerprint density at radius 1 is 0.346 bits per heavy atom. The molecule has 0 bridgehead atoms. The molecule has 0 saturated carbocycles. The first-order valence-electron chi connectivity index (χ1n) is 17.5. The summed E-state index contributed by atoms with van der Waals surface area (Å²) in [5.41, 5.74) is 10.7. The fraction of sp³-hybridized carbons (Fsp3) is 0. The molecule has 0 amide bonds. The minimum atomic E-state index is 0.914. The van der Waals surface area contributed by atoms with Gasteiger partial charge < -0.3 is 0 Å². The molecule has 11 aromatic rings. The molecule has 0 fully saturated rings. The first kappa shape index (κ1) is 29.5. The lowest BCUT2D eigenvalue weighted by Crippen LogP contribution is -1.92. The second-order valence-electron chi connectivity index (χ2n) is 13.3. The van der Waals surface area contributed by atoms with E-state index in [1.165, 1.54) is 62.6 Å². The number of fused-ring (bicyclic) bond motifs is 9. The number of hydrogen-bond donors (Lipinski definition) is 0. The summed E-state index contributed by atoms with van der Waals surface area (Å²) in [7, 11) is 0. The third-order valence-electron chi connectivity index (χ3n) is 10.2. The molecule has 0 radical (unpaired) electrons. The van der Waals surface area contributed by atoms with Crippen LogP contribution in [0.3, 0.4) is 0 Å². The van der Waals surface area contributed by atoms with Gasteiger partial charge >= 0.3 is 0 Å². The highest BCUT2D eigenvalue weighted by Gasteiger charge is 2.17. The lowest BCUT2D eigenvalue weighted by atomic mass is 9.92. The zero-order valence-electron chi connectivity index (χ0n) is 27.9. The van der Waals surface area contributed by atoms with Crippen molar-refractivity contribution in [2.75, 3.05) is 0 Å². The average Bonchev–Trinajstić information content (AvgIpc) is 3.79. The minimum Gasteiger partial charge on any atom is -0.245 e. The van der Waals surface area contributed by atoms with Gasteiger partial charge in [0.2, 0.25) is 0 Å². The van der Waals surface area contributed by atoms with Crippen LogP contribution in [0.5, 0.6) is 0 Å². The van der Waals surface area contributed by atoms with Crippen LogP contribution in [-0.2, 0) is 0 Å². The highest BCUT2D eigenvalue weighted by atomic mass is 32.1. The SMILES string of the molecule is c1ccc(-c2ccc3ccc4ccc(-c5cc(-c6cccc7c6sc6ccccc67)cc(-c6cccc7sc8ccccc8c67)c5)nc4c3n2)cc1. The maximum Gasteiger partial charge on any atom is 0.0972 e. The van der Waals surface area contributed by atoms with E-state index in [2.05, 4.69) is 164 Å². The molecule has 0 saturated heterocycles. The molecular formula is C48H28N2S2. The van der Waals surface area contributed by atoms with Crippen molar-refractivity contribution in [3.8, 4) is 44.8 Å². The molecule has 0 atom stereocenters. The number of nitrogens with zero attached hydrogens (tertiary/aromatic N) is 2. The molecule has 2 nitrogen and oxygen atoms in total. The van der Waals surface area contributed by atoms with Crippen molar-refractivity contribution in [1.82, 2.24) is 9.97 Å². The number of benzene rings is 7. The Balaban J connectivity index is 1.18. The summed E-state index contributed by atoms with van der Waals surface area (Å²) in [6.07, 6.45) is 0. The van der Waals surface area contributed by atoms with Crippen LogP contribution < -0.4 is 0 Å². The van der Waals surface area contributed by atoms with Gasteiger partial charge in [-0.3, -0.25) is 0 Å². The fourth-order valence-electron chi connectivity index (χ4n) is 7.77. The van der Waals surface area contributed by atoms with Gasteiger partial charge in [-0.05, 0) is 70.8 Å². The van der Waals surface area contributed by atoms with Gasteiger partial charge in [0.25, 0.3) is 0 Å². The number of rotatable bonds is 4. The van der Waals surface area contributed by atoms with E-state index in [0.29, 0.717) is 0 Å². The molecule has 11 rings (SSSR count). The lowest BCUT2D eigenvalue weighted by Gasteiger charge is -2.13. The van der Waals surface area contributed by atoms with Crippen molar-refractivity contribution in [3.63, 3.8) is 0 Å². The van der Waals surface area contributed by atoms with Crippen LogP contribution in [0.4, 0.5) is 0 Å². The molecule has 0 aliphatic carbocycles. The van der Waals surface area contributed by atoms with Gasteiger partial charge in [0.1, 0.15) is 0 Å². The maximum atomic E-state index is 5.42. The molecule has 7 aromatic carbocycles. The van der Waals surface area contributed by atoms with E-state index in [-0.39, 0.29) is 0 Å². The van der Waals surface area contributed by atoms with Gasteiger partial charge in [0.05, 0.1) is 22.4 Å². The molecule has 4 aromatic heterocycles. The Labute approximate surface area is 307 Å². The van der Waals surface area contributed by atoms with Crippen molar-refractivity contribution in [2.45, 2.75) is 0 Å². The third-order valence-corrected chi connectivity index (χ3v) is 12.6. The topological polar surface area (TPSA) is 25.8 Å². The fourth-order valence-corrected chi connectivity index (χ4v) is 10.1. The summed E-state index contributed by atoms with van der Waals surface area (Å²) in [5.74, 6) is 0. The Morgan fingerprint density at radius 3 is 1.65 bits per heavy atom. The monoisotopic (exact) mass is 696 g/mol. The van der Waals surface area contributed by atoms with Gasteiger partial charge in [0, 0.05) is 62.2 Å². The Bertz CT molecular complexity index is 3190. The number of hydrogen-bond acceptors (Lipinski definition) is 4. The van der Waals surface area contributed by atoms with Crippen molar-refractivity contribution in [3.05, 3.63) is 170 Å². The Hall–Kier alpha value is -6.20. The van der Waals surface area contributed by atoms with E-state index in [0.717, 1.165) is 44.3 Å². The van der Waals surface area contributed by atoms with Crippen LogP contribution in [0.1, 0.15) is 0 Å². The minimum absolute atomic E-state index is 0.914. The van der Waals surface area contributed by atoms with Gasteiger partial charge in [-0.2, -0.15) is 0 Å². The molecule has 0 spiro atoms. The zero-order chi connectivity index (χ0) is 34.2. The van der Waals surface area contributed by atoms with Crippen LogP contribution in [0.2, 0.25) is 0 Å². The summed E-state index contributed by atoms with van der Waals surface area (Å²) < 4.78 is 5.22. The molecule has 4 heteroatoms. The largest absolute Gasteiger partial charge is 0.245 e. The van der Waals surface area contributed by atoms with Crippen LogP contribution in [0.15, 0.2) is 170 Å². The number of thiophene rings is 2. The first-order valence-corrected chi connectivity index (χ1v) is 19.1. The molecule has 0 unspecified atom stereocenters.